The van der Waals surface area contributed by atoms with Gasteiger partial charge in [0.25, 0.3) is 0 Å². The molecule has 1 rings (SSSR count). The van der Waals surface area contributed by atoms with Crippen molar-refractivity contribution < 1.29 is 9.18 Å². The molecule has 0 radical (unpaired) electrons. The molecular formula is C11H22FN3O. The maximum Gasteiger partial charge on any atom is 0.236 e. The second kappa shape index (κ2) is 5.59. The van der Waals surface area contributed by atoms with E-state index in [2.05, 4.69) is 5.32 Å². The van der Waals surface area contributed by atoms with E-state index in [9.17, 15) is 9.18 Å². The first kappa shape index (κ1) is 13.4. The Morgan fingerprint density at radius 3 is 2.44 bits per heavy atom. The van der Waals surface area contributed by atoms with Gasteiger partial charge in [0, 0.05) is 32.5 Å². The van der Waals surface area contributed by atoms with Crippen LogP contribution in [0.15, 0.2) is 0 Å². The third kappa shape index (κ3) is 3.72. The highest BCUT2D eigenvalue weighted by molar-refractivity contribution is 5.78. The maximum absolute atomic E-state index is 14.1. The summed E-state index contributed by atoms with van der Waals surface area (Å²) in [6.45, 7) is 1.85. The van der Waals surface area contributed by atoms with E-state index in [1.165, 1.54) is 0 Å². The third-order valence-corrected chi connectivity index (χ3v) is 2.96. The van der Waals surface area contributed by atoms with Crippen LogP contribution >= 0.6 is 0 Å². The van der Waals surface area contributed by atoms with Crippen molar-refractivity contribution in [3.63, 3.8) is 0 Å². The van der Waals surface area contributed by atoms with Crippen LogP contribution in [-0.4, -0.2) is 68.7 Å². The minimum atomic E-state index is -1.14. The number of nitrogens with one attached hydrogen (secondary N) is 1. The summed E-state index contributed by atoms with van der Waals surface area (Å²) in [5.74, 6) is 0.0940. The molecule has 1 saturated heterocycles. The molecule has 1 fully saturated rings. The van der Waals surface area contributed by atoms with Crippen molar-refractivity contribution in [3.05, 3.63) is 0 Å². The van der Waals surface area contributed by atoms with E-state index in [-0.39, 0.29) is 5.91 Å². The molecule has 5 heteroatoms. The number of likely N-dealkylation sites (tertiary alicyclic amines) is 1. The zero-order chi connectivity index (χ0) is 12.2. The highest BCUT2D eigenvalue weighted by atomic mass is 19.1. The van der Waals surface area contributed by atoms with Gasteiger partial charge in [-0.1, -0.05) is 0 Å². The number of hydrogen-bond acceptors (Lipinski definition) is 3. The van der Waals surface area contributed by atoms with Gasteiger partial charge < -0.3 is 15.1 Å². The van der Waals surface area contributed by atoms with Crippen LogP contribution in [0.1, 0.15) is 12.8 Å². The lowest BCUT2D eigenvalue weighted by molar-refractivity contribution is -0.134. The molecule has 16 heavy (non-hydrogen) atoms. The quantitative estimate of drug-likeness (QED) is 0.745. The Hall–Kier alpha value is -0.680. The number of hydrogen-bond donors (Lipinski definition) is 1. The van der Waals surface area contributed by atoms with Crippen LogP contribution in [0.5, 0.6) is 0 Å². The van der Waals surface area contributed by atoms with E-state index >= 15 is 0 Å². The first-order chi connectivity index (χ1) is 7.47. The van der Waals surface area contributed by atoms with Gasteiger partial charge in [-0.3, -0.25) is 4.79 Å². The molecule has 94 valence electrons. The largest absolute Gasteiger partial charge is 0.341 e. The molecule has 1 heterocycles. The number of likely N-dealkylation sites (N-methyl/N-ethyl adjacent to an activating group) is 1. The van der Waals surface area contributed by atoms with Gasteiger partial charge in [-0.05, 0) is 21.1 Å². The molecule has 0 spiro atoms. The van der Waals surface area contributed by atoms with Gasteiger partial charge in [0.05, 0.1) is 6.54 Å². The molecule has 0 saturated carbocycles. The van der Waals surface area contributed by atoms with Crippen LogP contribution in [0.4, 0.5) is 4.39 Å². The molecule has 0 atom stereocenters. The number of alkyl halides is 1. The maximum atomic E-state index is 14.1. The predicted octanol–water partition coefficient (Wildman–Crippen LogP) is 0.0981. The lowest BCUT2D eigenvalue weighted by atomic mass is 9.93. The monoisotopic (exact) mass is 231 g/mol. The van der Waals surface area contributed by atoms with Crippen LogP contribution in [0.2, 0.25) is 0 Å². The predicted molar refractivity (Wildman–Crippen MR) is 62.1 cm³/mol. The van der Waals surface area contributed by atoms with Gasteiger partial charge in [-0.2, -0.15) is 0 Å². The normalized spacial score (nSPS) is 20.2. The summed E-state index contributed by atoms with van der Waals surface area (Å²) in [6.07, 6.45) is 0.875. The van der Waals surface area contributed by atoms with Gasteiger partial charge >= 0.3 is 0 Å². The van der Waals surface area contributed by atoms with Crippen molar-refractivity contribution in [2.45, 2.75) is 18.5 Å². The number of amides is 1. The van der Waals surface area contributed by atoms with E-state index in [1.54, 1.807) is 11.9 Å². The van der Waals surface area contributed by atoms with Gasteiger partial charge in [-0.25, -0.2) is 4.39 Å². The average molecular weight is 231 g/mol. The molecule has 1 aliphatic rings. The number of halogens is 1. The number of carbonyl (C=O) groups excluding carboxylic acids is 1. The van der Waals surface area contributed by atoms with Crippen LogP contribution in [0.25, 0.3) is 0 Å². The molecule has 0 aromatic carbocycles. The Bertz CT molecular complexity index is 237. The van der Waals surface area contributed by atoms with Crippen molar-refractivity contribution >= 4 is 5.91 Å². The average Bonchev–Trinajstić information content (AvgIpc) is 2.17. The first-order valence-corrected chi connectivity index (χ1v) is 5.73. The highest BCUT2D eigenvalue weighted by Crippen LogP contribution is 2.25. The number of nitrogens with zero attached hydrogens (tertiary/aromatic N) is 2. The molecule has 1 N–H and O–H groups in total. The van der Waals surface area contributed by atoms with Crippen LogP contribution in [-0.2, 0) is 4.79 Å². The topological polar surface area (TPSA) is 35.6 Å². The van der Waals surface area contributed by atoms with E-state index in [4.69, 9.17) is 0 Å². The van der Waals surface area contributed by atoms with Gasteiger partial charge in [0.1, 0.15) is 5.67 Å². The van der Waals surface area contributed by atoms with E-state index in [1.807, 2.05) is 19.0 Å². The summed E-state index contributed by atoms with van der Waals surface area (Å²) < 4.78 is 14.1. The van der Waals surface area contributed by atoms with Crippen molar-refractivity contribution in [3.8, 4) is 0 Å². The standard InChI is InChI=1S/C11H22FN3O/c1-13-9-11(12)4-6-15(7-5-11)10(16)8-14(2)3/h13H,4-9H2,1-3H3. The van der Waals surface area contributed by atoms with Crippen LogP contribution in [0, 0.1) is 0 Å². The smallest absolute Gasteiger partial charge is 0.236 e. The summed E-state index contributed by atoms with van der Waals surface area (Å²) >= 11 is 0. The van der Waals surface area contributed by atoms with Crippen molar-refractivity contribution in [1.29, 1.82) is 0 Å². The fourth-order valence-electron chi connectivity index (χ4n) is 2.02. The number of carbonyl (C=O) groups is 1. The molecule has 1 aliphatic heterocycles. The Labute approximate surface area is 96.8 Å². The Morgan fingerprint density at radius 2 is 2.00 bits per heavy atom. The zero-order valence-electron chi connectivity index (χ0n) is 10.4. The summed E-state index contributed by atoms with van der Waals surface area (Å²) in [6, 6.07) is 0. The SMILES string of the molecule is CNCC1(F)CCN(C(=O)CN(C)C)CC1. The Balaban J connectivity index is 2.39. The van der Waals surface area contributed by atoms with Gasteiger partial charge in [0.2, 0.25) is 5.91 Å². The van der Waals surface area contributed by atoms with Crippen LogP contribution < -0.4 is 5.32 Å². The van der Waals surface area contributed by atoms with Crippen molar-refractivity contribution in [1.82, 2.24) is 15.1 Å². The molecule has 0 aromatic heterocycles. The Morgan fingerprint density at radius 1 is 1.44 bits per heavy atom. The molecule has 0 aliphatic carbocycles. The van der Waals surface area contributed by atoms with Crippen LogP contribution in [0.3, 0.4) is 0 Å². The minimum Gasteiger partial charge on any atom is -0.341 e. The van der Waals surface area contributed by atoms with E-state index in [0.29, 0.717) is 39.0 Å². The van der Waals surface area contributed by atoms with Crippen molar-refractivity contribution in [2.24, 2.45) is 0 Å². The summed E-state index contributed by atoms with van der Waals surface area (Å²) in [5, 5.41) is 2.87. The summed E-state index contributed by atoms with van der Waals surface area (Å²) in [7, 11) is 5.48. The Kier molecular flexibility index (Phi) is 4.68. The van der Waals surface area contributed by atoms with Gasteiger partial charge in [0.15, 0.2) is 0 Å². The lowest BCUT2D eigenvalue weighted by Gasteiger charge is -2.36. The second-order valence-corrected chi connectivity index (χ2v) is 4.80. The minimum absolute atomic E-state index is 0.0940. The third-order valence-electron chi connectivity index (χ3n) is 2.96. The van der Waals surface area contributed by atoms with Gasteiger partial charge in [-0.15, -0.1) is 0 Å². The molecular weight excluding hydrogens is 209 g/mol. The fourth-order valence-corrected chi connectivity index (χ4v) is 2.02. The highest BCUT2D eigenvalue weighted by Gasteiger charge is 2.35. The zero-order valence-corrected chi connectivity index (χ0v) is 10.4. The summed E-state index contributed by atoms with van der Waals surface area (Å²) in [4.78, 5) is 15.3. The molecule has 4 nitrogen and oxygen atoms in total. The number of rotatable bonds is 4. The second-order valence-electron chi connectivity index (χ2n) is 4.80. The number of piperidine rings is 1. The first-order valence-electron chi connectivity index (χ1n) is 5.73. The molecule has 0 bridgehead atoms. The molecule has 0 aromatic rings. The van der Waals surface area contributed by atoms with E-state index in [0.717, 1.165) is 0 Å². The van der Waals surface area contributed by atoms with Crippen molar-refractivity contribution in [2.75, 3.05) is 47.3 Å². The molecule has 1 amide bonds. The van der Waals surface area contributed by atoms with E-state index < -0.39 is 5.67 Å². The molecule has 0 unspecified atom stereocenters. The summed E-state index contributed by atoms with van der Waals surface area (Å²) in [5.41, 5.74) is -1.14. The fraction of sp³-hybridized carbons (Fsp3) is 0.909. The lowest BCUT2D eigenvalue weighted by Crippen LogP contribution is -2.50.